The van der Waals surface area contributed by atoms with Crippen molar-refractivity contribution >= 4 is 11.6 Å². The van der Waals surface area contributed by atoms with Crippen LogP contribution >= 0.6 is 11.6 Å². The molecule has 1 aromatic heterocycles. The van der Waals surface area contributed by atoms with E-state index < -0.39 is 0 Å². The minimum atomic E-state index is 0.408. The Morgan fingerprint density at radius 3 is 2.69 bits per heavy atom. The summed E-state index contributed by atoms with van der Waals surface area (Å²) >= 11 is 5.84. The molecule has 0 aliphatic heterocycles. The van der Waals surface area contributed by atoms with Gasteiger partial charge in [-0.05, 0) is 18.8 Å². The van der Waals surface area contributed by atoms with Crippen molar-refractivity contribution in [1.29, 1.82) is 0 Å². The van der Waals surface area contributed by atoms with E-state index in [9.17, 15) is 0 Å². The summed E-state index contributed by atoms with van der Waals surface area (Å²) < 4.78 is 6.99. The SMILES string of the molecule is COCCCCn1nnc(CCl)c1C(C)C. The Bertz CT molecular complexity index is 312. The van der Waals surface area contributed by atoms with Crippen LogP contribution in [0.4, 0.5) is 0 Å². The lowest BCUT2D eigenvalue weighted by atomic mass is 10.1. The Hall–Kier alpha value is -0.610. The van der Waals surface area contributed by atoms with Crippen LogP contribution in [-0.2, 0) is 17.2 Å². The van der Waals surface area contributed by atoms with Gasteiger partial charge in [0.1, 0.15) is 5.69 Å². The largest absolute Gasteiger partial charge is 0.385 e. The highest BCUT2D eigenvalue weighted by Gasteiger charge is 2.14. The lowest BCUT2D eigenvalue weighted by Gasteiger charge is -2.10. The predicted octanol–water partition coefficient (Wildman–Crippen LogP) is 2.57. The van der Waals surface area contributed by atoms with Gasteiger partial charge >= 0.3 is 0 Å². The number of methoxy groups -OCH3 is 1. The molecule has 0 saturated heterocycles. The van der Waals surface area contributed by atoms with Crippen LogP contribution < -0.4 is 0 Å². The molecular weight excluding hydrogens is 226 g/mol. The normalized spacial score (nSPS) is 11.3. The highest BCUT2D eigenvalue weighted by molar-refractivity contribution is 6.16. The number of rotatable bonds is 7. The Balaban J connectivity index is 2.61. The minimum absolute atomic E-state index is 0.408. The summed E-state index contributed by atoms with van der Waals surface area (Å²) in [6, 6.07) is 0. The van der Waals surface area contributed by atoms with E-state index in [1.807, 2.05) is 4.68 Å². The van der Waals surface area contributed by atoms with Gasteiger partial charge < -0.3 is 4.74 Å². The number of unbranched alkanes of at least 4 members (excludes halogenated alkanes) is 1. The van der Waals surface area contributed by atoms with Gasteiger partial charge in [-0.2, -0.15) is 0 Å². The zero-order valence-corrected chi connectivity index (χ0v) is 11.0. The molecule has 0 N–H and O–H groups in total. The molecule has 0 unspecified atom stereocenters. The maximum absolute atomic E-state index is 5.84. The number of aryl methyl sites for hydroxylation is 1. The third-order valence-corrected chi connectivity index (χ3v) is 2.74. The molecule has 4 nitrogen and oxygen atoms in total. The molecule has 0 amide bonds. The van der Waals surface area contributed by atoms with Crippen molar-refractivity contribution < 1.29 is 4.74 Å². The summed E-state index contributed by atoms with van der Waals surface area (Å²) in [4.78, 5) is 0. The summed E-state index contributed by atoms with van der Waals surface area (Å²) in [5.74, 6) is 0.845. The molecule has 0 fully saturated rings. The minimum Gasteiger partial charge on any atom is -0.385 e. The summed E-state index contributed by atoms with van der Waals surface area (Å²) in [5.41, 5.74) is 2.07. The third kappa shape index (κ3) is 3.46. The van der Waals surface area contributed by atoms with E-state index in [4.69, 9.17) is 16.3 Å². The molecule has 0 aliphatic rings. The molecule has 1 heterocycles. The van der Waals surface area contributed by atoms with Crippen LogP contribution in [0.5, 0.6) is 0 Å². The molecule has 0 radical (unpaired) electrons. The lowest BCUT2D eigenvalue weighted by molar-refractivity contribution is 0.190. The van der Waals surface area contributed by atoms with Gasteiger partial charge in [0.2, 0.25) is 0 Å². The first kappa shape index (κ1) is 13.5. The molecule has 92 valence electrons. The van der Waals surface area contributed by atoms with Gasteiger partial charge in [0.25, 0.3) is 0 Å². The standard InChI is InChI=1S/C11H20ClN3O/c1-9(2)11-10(8-12)13-14-15(11)6-4-5-7-16-3/h9H,4-8H2,1-3H3. The van der Waals surface area contributed by atoms with Gasteiger partial charge in [0, 0.05) is 20.3 Å². The zero-order valence-electron chi connectivity index (χ0n) is 10.2. The zero-order chi connectivity index (χ0) is 12.0. The topological polar surface area (TPSA) is 39.9 Å². The van der Waals surface area contributed by atoms with Crippen LogP contribution in [0.25, 0.3) is 0 Å². The third-order valence-electron chi connectivity index (χ3n) is 2.49. The van der Waals surface area contributed by atoms with Crippen LogP contribution in [0.1, 0.15) is 44.0 Å². The number of alkyl halides is 1. The fraction of sp³-hybridized carbons (Fsp3) is 0.818. The van der Waals surface area contributed by atoms with Crippen molar-refractivity contribution in [3.8, 4) is 0 Å². The van der Waals surface area contributed by atoms with E-state index in [0.717, 1.165) is 37.4 Å². The fourth-order valence-corrected chi connectivity index (χ4v) is 1.95. The molecule has 0 bridgehead atoms. The van der Waals surface area contributed by atoms with E-state index in [-0.39, 0.29) is 0 Å². The second-order valence-electron chi connectivity index (χ2n) is 4.13. The van der Waals surface area contributed by atoms with Gasteiger partial charge in [-0.3, -0.25) is 0 Å². The molecule has 0 atom stereocenters. The van der Waals surface area contributed by atoms with Gasteiger partial charge in [-0.15, -0.1) is 16.7 Å². The molecule has 0 saturated carbocycles. The number of ether oxygens (including phenoxy) is 1. The van der Waals surface area contributed by atoms with Crippen molar-refractivity contribution in [3.63, 3.8) is 0 Å². The molecular formula is C11H20ClN3O. The Labute approximate surface area is 102 Å². The first-order valence-electron chi connectivity index (χ1n) is 5.67. The van der Waals surface area contributed by atoms with Crippen molar-refractivity contribution in [3.05, 3.63) is 11.4 Å². The lowest BCUT2D eigenvalue weighted by Crippen LogP contribution is -2.08. The summed E-state index contributed by atoms with van der Waals surface area (Å²) in [7, 11) is 1.72. The van der Waals surface area contributed by atoms with Crippen LogP contribution in [0, 0.1) is 0 Å². The molecule has 0 aromatic carbocycles. The molecule has 1 rings (SSSR count). The highest BCUT2D eigenvalue weighted by Crippen LogP contribution is 2.19. The number of halogens is 1. The van der Waals surface area contributed by atoms with Crippen LogP contribution in [-0.4, -0.2) is 28.7 Å². The number of hydrogen-bond donors (Lipinski definition) is 0. The van der Waals surface area contributed by atoms with Crippen molar-refractivity contribution in [2.45, 2.75) is 45.0 Å². The smallest absolute Gasteiger partial charge is 0.101 e. The van der Waals surface area contributed by atoms with Crippen molar-refractivity contribution in [1.82, 2.24) is 15.0 Å². The van der Waals surface area contributed by atoms with Gasteiger partial charge in [-0.1, -0.05) is 19.1 Å². The predicted molar refractivity (Wildman–Crippen MR) is 64.8 cm³/mol. The number of hydrogen-bond acceptors (Lipinski definition) is 3. The van der Waals surface area contributed by atoms with Gasteiger partial charge in [0.05, 0.1) is 11.6 Å². The maximum atomic E-state index is 5.84. The van der Waals surface area contributed by atoms with E-state index >= 15 is 0 Å². The maximum Gasteiger partial charge on any atom is 0.101 e. The van der Waals surface area contributed by atoms with Crippen LogP contribution in [0.2, 0.25) is 0 Å². The second-order valence-corrected chi connectivity index (χ2v) is 4.40. The average Bonchev–Trinajstić information content (AvgIpc) is 2.67. The van der Waals surface area contributed by atoms with E-state index in [0.29, 0.717) is 11.8 Å². The molecule has 5 heteroatoms. The number of aromatic nitrogens is 3. The quantitative estimate of drug-likeness (QED) is 0.548. The van der Waals surface area contributed by atoms with Crippen LogP contribution in [0.15, 0.2) is 0 Å². The fourth-order valence-electron chi connectivity index (χ4n) is 1.76. The first-order chi connectivity index (χ1) is 7.70. The average molecular weight is 246 g/mol. The molecule has 16 heavy (non-hydrogen) atoms. The van der Waals surface area contributed by atoms with Crippen LogP contribution in [0.3, 0.4) is 0 Å². The Morgan fingerprint density at radius 1 is 1.38 bits per heavy atom. The van der Waals surface area contributed by atoms with Crippen molar-refractivity contribution in [2.24, 2.45) is 0 Å². The molecule has 0 spiro atoms. The Kier molecular flexibility index (Phi) is 5.77. The first-order valence-corrected chi connectivity index (χ1v) is 6.21. The number of nitrogens with zero attached hydrogens (tertiary/aromatic N) is 3. The Morgan fingerprint density at radius 2 is 2.12 bits per heavy atom. The van der Waals surface area contributed by atoms with E-state index in [2.05, 4.69) is 24.2 Å². The van der Waals surface area contributed by atoms with E-state index in [1.165, 1.54) is 0 Å². The van der Waals surface area contributed by atoms with Gasteiger partial charge in [0.15, 0.2) is 0 Å². The summed E-state index contributed by atoms with van der Waals surface area (Å²) in [6.07, 6.45) is 2.10. The summed E-state index contributed by atoms with van der Waals surface area (Å²) in [6.45, 7) is 5.97. The summed E-state index contributed by atoms with van der Waals surface area (Å²) in [5, 5.41) is 8.25. The van der Waals surface area contributed by atoms with Gasteiger partial charge in [-0.25, -0.2) is 4.68 Å². The highest BCUT2D eigenvalue weighted by atomic mass is 35.5. The van der Waals surface area contributed by atoms with E-state index in [1.54, 1.807) is 7.11 Å². The molecule has 1 aromatic rings. The van der Waals surface area contributed by atoms with Crippen molar-refractivity contribution in [2.75, 3.05) is 13.7 Å². The second kappa shape index (κ2) is 6.86. The monoisotopic (exact) mass is 245 g/mol. The molecule has 0 aliphatic carbocycles.